The minimum atomic E-state index is -0.221. The van der Waals surface area contributed by atoms with Crippen LogP contribution in [0, 0.1) is 0 Å². The lowest BCUT2D eigenvalue weighted by atomic mass is 9.93. The number of carbonyl (C=O) groups excluding carboxylic acids is 1. The maximum absolute atomic E-state index is 12.3. The van der Waals surface area contributed by atoms with Crippen LogP contribution >= 0.6 is 0 Å². The van der Waals surface area contributed by atoms with E-state index in [0.29, 0.717) is 17.8 Å². The number of carbonyl (C=O) groups is 1. The van der Waals surface area contributed by atoms with E-state index in [4.69, 9.17) is 5.73 Å². The van der Waals surface area contributed by atoms with Gasteiger partial charge in [-0.15, -0.1) is 0 Å². The number of nitrogen functional groups attached to an aromatic ring is 1. The van der Waals surface area contributed by atoms with E-state index >= 15 is 0 Å². The van der Waals surface area contributed by atoms with Crippen LogP contribution in [0.3, 0.4) is 0 Å². The van der Waals surface area contributed by atoms with Crippen molar-refractivity contribution < 1.29 is 9.90 Å². The van der Waals surface area contributed by atoms with Crippen molar-refractivity contribution in [3.8, 4) is 0 Å². The number of aliphatic hydroxyl groups excluding tert-OH is 1. The van der Waals surface area contributed by atoms with Crippen molar-refractivity contribution in [2.75, 3.05) is 5.73 Å². The highest BCUT2D eigenvalue weighted by atomic mass is 16.3. The van der Waals surface area contributed by atoms with Gasteiger partial charge in [-0.1, -0.05) is 6.92 Å². The summed E-state index contributed by atoms with van der Waals surface area (Å²) in [7, 11) is 1.73. The minimum Gasteiger partial charge on any atom is -0.395 e. The van der Waals surface area contributed by atoms with Crippen LogP contribution in [0.2, 0.25) is 0 Å². The molecule has 1 aromatic heterocycles. The molecule has 0 atom stereocenters. The number of nitrogens with zero attached hydrogens (tertiary/aromatic N) is 2. The standard InChI is InChI=1S/C13H22N4O2/c1-3-10-11(14)12(17(2)16-10)13(19)15-8-4-6-9(18)7-5-8/h8-9,18H,3-7,14H2,1-2H3,(H,15,19). The van der Waals surface area contributed by atoms with Gasteiger partial charge in [0.25, 0.3) is 5.91 Å². The van der Waals surface area contributed by atoms with E-state index in [2.05, 4.69) is 10.4 Å². The second kappa shape index (κ2) is 5.61. The quantitative estimate of drug-likeness (QED) is 0.746. The van der Waals surface area contributed by atoms with Gasteiger partial charge < -0.3 is 16.2 Å². The van der Waals surface area contributed by atoms with Gasteiger partial charge in [0.1, 0.15) is 5.69 Å². The van der Waals surface area contributed by atoms with Crippen molar-refractivity contribution in [3.63, 3.8) is 0 Å². The second-order valence-corrected chi connectivity index (χ2v) is 5.17. The predicted octanol–water partition coefficient (Wildman–Crippen LogP) is 0.598. The number of aliphatic hydroxyl groups is 1. The van der Waals surface area contributed by atoms with E-state index in [1.165, 1.54) is 0 Å². The monoisotopic (exact) mass is 266 g/mol. The third-order valence-electron chi connectivity index (χ3n) is 3.74. The molecule has 2 rings (SSSR count). The summed E-state index contributed by atoms with van der Waals surface area (Å²) < 4.78 is 1.54. The summed E-state index contributed by atoms with van der Waals surface area (Å²) in [6.45, 7) is 1.96. The number of hydrogen-bond acceptors (Lipinski definition) is 4. The van der Waals surface area contributed by atoms with Crippen molar-refractivity contribution >= 4 is 11.6 Å². The van der Waals surface area contributed by atoms with Crippen LogP contribution in [0.1, 0.15) is 48.8 Å². The Balaban J connectivity index is 2.06. The summed E-state index contributed by atoms with van der Waals surface area (Å²) in [5.74, 6) is -0.173. The molecular formula is C13H22N4O2. The Kier molecular flexibility index (Phi) is 4.09. The highest BCUT2D eigenvalue weighted by molar-refractivity contribution is 5.98. The molecule has 0 saturated heterocycles. The van der Waals surface area contributed by atoms with Gasteiger partial charge >= 0.3 is 0 Å². The van der Waals surface area contributed by atoms with Gasteiger partial charge in [0, 0.05) is 13.1 Å². The third-order valence-corrected chi connectivity index (χ3v) is 3.74. The fourth-order valence-corrected chi connectivity index (χ4v) is 2.60. The largest absolute Gasteiger partial charge is 0.395 e. The Hall–Kier alpha value is -1.56. The average molecular weight is 266 g/mol. The number of amides is 1. The molecule has 1 fully saturated rings. The van der Waals surface area contributed by atoms with Crippen LogP contribution in [-0.2, 0) is 13.5 Å². The van der Waals surface area contributed by atoms with Crippen molar-refractivity contribution in [1.82, 2.24) is 15.1 Å². The SMILES string of the molecule is CCc1nn(C)c(C(=O)NC2CCC(O)CC2)c1N. The minimum absolute atomic E-state index is 0.121. The van der Waals surface area contributed by atoms with E-state index in [1.807, 2.05) is 6.92 Å². The van der Waals surface area contributed by atoms with Gasteiger partial charge in [0.15, 0.2) is 0 Å². The van der Waals surface area contributed by atoms with Gasteiger partial charge in [-0.3, -0.25) is 9.48 Å². The van der Waals surface area contributed by atoms with Gasteiger partial charge in [-0.05, 0) is 32.1 Å². The van der Waals surface area contributed by atoms with Crippen LogP contribution in [0.4, 0.5) is 5.69 Å². The fraction of sp³-hybridized carbons (Fsp3) is 0.692. The molecule has 19 heavy (non-hydrogen) atoms. The normalized spacial score (nSPS) is 23.3. The maximum atomic E-state index is 12.3. The number of nitrogens with two attached hydrogens (primary N) is 1. The molecule has 1 saturated carbocycles. The van der Waals surface area contributed by atoms with E-state index in [-0.39, 0.29) is 18.1 Å². The summed E-state index contributed by atoms with van der Waals surface area (Å²) in [6.07, 6.45) is 3.60. The Morgan fingerprint density at radius 1 is 1.47 bits per heavy atom. The average Bonchev–Trinajstić information content (AvgIpc) is 2.67. The lowest BCUT2D eigenvalue weighted by Crippen LogP contribution is -2.39. The Labute approximate surface area is 113 Å². The van der Waals surface area contributed by atoms with Gasteiger partial charge in [0.2, 0.25) is 0 Å². The van der Waals surface area contributed by atoms with Crippen molar-refractivity contribution in [2.24, 2.45) is 7.05 Å². The fourth-order valence-electron chi connectivity index (χ4n) is 2.60. The Morgan fingerprint density at radius 3 is 2.63 bits per heavy atom. The predicted molar refractivity (Wildman–Crippen MR) is 72.7 cm³/mol. The molecule has 6 nitrogen and oxygen atoms in total. The number of anilines is 1. The van der Waals surface area contributed by atoms with Crippen molar-refractivity contribution in [3.05, 3.63) is 11.4 Å². The molecule has 0 aromatic carbocycles. The summed E-state index contributed by atoms with van der Waals surface area (Å²) >= 11 is 0. The summed E-state index contributed by atoms with van der Waals surface area (Å²) in [5.41, 5.74) is 7.62. The lowest BCUT2D eigenvalue weighted by molar-refractivity contribution is 0.0860. The molecule has 6 heteroatoms. The second-order valence-electron chi connectivity index (χ2n) is 5.17. The lowest BCUT2D eigenvalue weighted by Gasteiger charge is -2.26. The number of hydrogen-bond donors (Lipinski definition) is 3. The number of rotatable bonds is 3. The zero-order chi connectivity index (χ0) is 14.0. The smallest absolute Gasteiger partial charge is 0.271 e. The molecule has 106 valence electrons. The van der Waals surface area contributed by atoms with Gasteiger partial charge in [-0.25, -0.2) is 0 Å². The summed E-state index contributed by atoms with van der Waals surface area (Å²) in [4.78, 5) is 12.3. The first-order chi connectivity index (χ1) is 9.02. The summed E-state index contributed by atoms with van der Waals surface area (Å²) in [6, 6.07) is 0.121. The molecule has 0 aliphatic heterocycles. The number of aryl methyl sites for hydroxylation is 2. The first-order valence-corrected chi connectivity index (χ1v) is 6.83. The molecule has 1 heterocycles. The van der Waals surface area contributed by atoms with Crippen molar-refractivity contribution in [1.29, 1.82) is 0 Å². The molecule has 1 aliphatic carbocycles. The van der Waals surface area contributed by atoms with Crippen LogP contribution in [0.5, 0.6) is 0 Å². The van der Waals surface area contributed by atoms with E-state index in [9.17, 15) is 9.90 Å². The highest BCUT2D eigenvalue weighted by Crippen LogP contribution is 2.21. The molecule has 1 aliphatic rings. The van der Waals surface area contributed by atoms with Crippen LogP contribution in [0.25, 0.3) is 0 Å². The van der Waals surface area contributed by atoms with E-state index < -0.39 is 0 Å². The third kappa shape index (κ3) is 2.89. The van der Waals surface area contributed by atoms with Crippen LogP contribution < -0.4 is 11.1 Å². The zero-order valence-electron chi connectivity index (χ0n) is 11.5. The number of aromatic nitrogens is 2. The van der Waals surface area contributed by atoms with Gasteiger partial charge in [-0.2, -0.15) is 5.10 Å². The van der Waals surface area contributed by atoms with Crippen LogP contribution in [-0.4, -0.2) is 32.9 Å². The van der Waals surface area contributed by atoms with Gasteiger partial charge in [0.05, 0.1) is 17.5 Å². The maximum Gasteiger partial charge on any atom is 0.271 e. The molecular weight excluding hydrogens is 244 g/mol. The molecule has 0 radical (unpaired) electrons. The molecule has 1 amide bonds. The molecule has 4 N–H and O–H groups in total. The zero-order valence-corrected chi connectivity index (χ0v) is 11.5. The molecule has 0 unspecified atom stereocenters. The highest BCUT2D eigenvalue weighted by Gasteiger charge is 2.24. The number of nitrogens with one attached hydrogen (secondary N) is 1. The first kappa shape index (κ1) is 13.9. The molecule has 0 spiro atoms. The Morgan fingerprint density at radius 2 is 2.11 bits per heavy atom. The Bertz CT molecular complexity index is 461. The topological polar surface area (TPSA) is 93.2 Å². The molecule has 1 aromatic rings. The van der Waals surface area contributed by atoms with Crippen LogP contribution in [0.15, 0.2) is 0 Å². The van der Waals surface area contributed by atoms with E-state index in [1.54, 1.807) is 11.7 Å². The first-order valence-electron chi connectivity index (χ1n) is 6.83. The van der Waals surface area contributed by atoms with Crippen molar-refractivity contribution in [2.45, 2.75) is 51.2 Å². The summed E-state index contributed by atoms with van der Waals surface area (Å²) in [5, 5.41) is 16.7. The molecule has 0 bridgehead atoms. The van der Waals surface area contributed by atoms with E-state index in [0.717, 1.165) is 31.4 Å².